The van der Waals surface area contributed by atoms with Gasteiger partial charge in [0.1, 0.15) is 11.0 Å². The number of carboxylic acid groups (broad SMARTS) is 1. The molecule has 1 heterocycles. The van der Waals surface area contributed by atoms with Gasteiger partial charge in [-0.15, -0.1) is 5.10 Å². The second kappa shape index (κ2) is 8.52. The molecule has 2 aromatic rings. The van der Waals surface area contributed by atoms with Crippen molar-refractivity contribution in [3.63, 3.8) is 0 Å². The van der Waals surface area contributed by atoms with Crippen molar-refractivity contribution in [1.82, 2.24) is 0 Å². The Labute approximate surface area is 168 Å². The molecule has 0 radical (unpaired) electrons. The number of carbonyl (C=O) groups excluding carboxylic acids is 1. The second-order valence-corrected chi connectivity index (χ2v) is 7.04. The van der Waals surface area contributed by atoms with Crippen LogP contribution in [0.25, 0.3) is 0 Å². The average molecular weight is 414 g/mol. The van der Waals surface area contributed by atoms with Gasteiger partial charge in [-0.1, -0.05) is 11.8 Å². The number of anilines is 1. The Kier molecular flexibility index (Phi) is 5.88. The zero-order valence-electron chi connectivity index (χ0n) is 14.7. The summed E-state index contributed by atoms with van der Waals surface area (Å²) in [5, 5.41) is 36.4. The molecule has 29 heavy (non-hydrogen) atoms. The van der Waals surface area contributed by atoms with Crippen LogP contribution in [0.1, 0.15) is 12.0 Å². The van der Waals surface area contributed by atoms with E-state index in [4.69, 9.17) is 5.11 Å². The number of hydrogen-bond acceptors (Lipinski definition) is 8. The third-order valence-electron chi connectivity index (χ3n) is 3.86. The molecule has 2 aromatic carbocycles. The van der Waals surface area contributed by atoms with E-state index in [-0.39, 0.29) is 23.0 Å². The van der Waals surface area contributed by atoms with E-state index in [1.165, 1.54) is 59.6 Å². The van der Waals surface area contributed by atoms with Crippen LogP contribution in [-0.2, 0) is 9.59 Å². The lowest BCUT2D eigenvalue weighted by atomic mass is 10.2. The fourth-order valence-corrected chi connectivity index (χ4v) is 3.57. The molecule has 148 valence electrons. The maximum atomic E-state index is 12.7. The molecule has 1 aliphatic rings. The lowest BCUT2D eigenvalue weighted by Gasteiger charge is -2.15. The molecule has 11 heteroatoms. The number of non-ortho nitro benzene ring substituents is 1. The van der Waals surface area contributed by atoms with Crippen LogP contribution in [0.4, 0.5) is 11.4 Å². The Morgan fingerprint density at radius 2 is 1.86 bits per heavy atom. The standard InChI is InChI=1S/C18H14N4O6S/c23-14-7-5-12(6-8-14)21-17(26)15(9-16(24)25)29-18(21)20-19-10-11-1-3-13(4-2-11)22(27)28/h1-8,10,15,23H,9H2,(H,24,25)/b19-10-,20-18-/t15-/m1/s1. The quantitative estimate of drug-likeness (QED) is 0.420. The van der Waals surface area contributed by atoms with Gasteiger partial charge < -0.3 is 10.2 Å². The minimum Gasteiger partial charge on any atom is -0.508 e. The molecule has 1 amide bonds. The maximum Gasteiger partial charge on any atom is 0.305 e. The van der Waals surface area contributed by atoms with Crippen LogP contribution in [0, 0.1) is 10.1 Å². The number of phenolic OH excluding ortho intramolecular Hbond substituents is 1. The molecule has 0 aliphatic carbocycles. The van der Waals surface area contributed by atoms with Gasteiger partial charge in [0.15, 0.2) is 5.17 Å². The smallest absolute Gasteiger partial charge is 0.305 e. The number of nitro benzene ring substituents is 1. The van der Waals surface area contributed by atoms with Gasteiger partial charge in [-0.05, 0) is 42.0 Å². The van der Waals surface area contributed by atoms with Gasteiger partial charge in [0, 0.05) is 12.1 Å². The number of aliphatic carboxylic acids is 1. The SMILES string of the molecule is O=C(O)C[C@H]1S/C(=N\N=C/c2ccc([N+](=O)[O-])cc2)N(c2ccc(O)cc2)C1=O. The van der Waals surface area contributed by atoms with Crippen molar-refractivity contribution in [2.75, 3.05) is 4.90 Å². The van der Waals surface area contributed by atoms with Crippen molar-refractivity contribution < 1.29 is 24.7 Å². The lowest BCUT2D eigenvalue weighted by molar-refractivity contribution is -0.384. The fourth-order valence-electron chi connectivity index (χ4n) is 2.49. The Morgan fingerprint density at radius 3 is 2.45 bits per heavy atom. The molecule has 0 unspecified atom stereocenters. The number of hydrogen-bond donors (Lipinski definition) is 2. The number of rotatable bonds is 6. The van der Waals surface area contributed by atoms with E-state index in [2.05, 4.69) is 10.2 Å². The van der Waals surface area contributed by atoms with Gasteiger partial charge >= 0.3 is 5.97 Å². The summed E-state index contributed by atoms with van der Waals surface area (Å²) in [7, 11) is 0. The average Bonchev–Trinajstić information content (AvgIpc) is 2.98. The second-order valence-electron chi connectivity index (χ2n) is 5.87. The number of carboxylic acids is 1. The summed E-state index contributed by atoms with van der Waals surface area (Å²) in [5.41, 5.74) is 0.922. The summed E-state index contributed by atoms with van der Waals surface area (Å²) in [6.45, 7) is 0. The molecule has 0 aromatic heterocycles. The Bertz CT molecular complexity index is 1000. The summed E-state index contributed by atoms with van der Waals surface area (Å²) in [4.78, 5) is 35.1. The van der Waals surface area contributed by atoms with E-state index in [1.54, 1.807) is 0 Å². The molecule has 3 rings (SSSR count). The van der Waals surface area contributed by atoms with E-state index in [9.17, 15) is 24.8 Å². The monoisotopic (exact) mass is 414 g/mol. The van der Waals surface area contributed by atoms with E-state index in [0.717, 1.165) is 11.8 Å². The highest BCUT2D eigenvalue weighted by Crippen LogP contribution is 2.34. The first kappa shape index (κ1) is 20.0. The van der Waals surface area contributed by atoms with Crippen molar-refractivity contribution in [3.05, 3.63) is 64.2 Å². The summed E-state index contributed by atoms with van der Waals surface area (Å²) in [6.07, 6.45) is 0.991. The molecule has 0 bridgehead atoms. The first-order valence-corrected chi connectivity index (χ1v) is 9.10. The van der Waals surface area contributed by atoms with Crippen molar-refractivity contribution in [2.24, 2.45) is 10.2 Å². The predicted octanol–water partition coefficient (Wildman–Crippen LogP) is 2.61. The molecule has 0 spiro atoms. The van der Waals surface area contributed by atoms with Gasteiger partial charge in [0.05, 0.1) is 23.2 Å². The van der Waals surface area contributed by atoms with Crippen LogP contribution >= 0.6 is 11.8 Å². The number of phenols is 1. The van der Waals surface area contributed by atoms with E-state index in [1.807, 2.05) is 0 Å². The first-order valence-electron chi connectivity index (χ1n) is 8.22. The summed E-state index contributed by atoms with van der Waals surface area (Å²) in [5.74, 6) is -1.55. The topological polar surface area (TPSA) is 146 Å². The lowest BCUT2D eigenvalue weighted by Crippen LogP contribution is -2.32. The van der Waals surface area contributed by atoms with E-state index in [0.29, 0.717) is 11.3 Å². The number of amides is 1. The van der Waals surface area contributed by atoms with E-state index < -0.39 is 22.0 Å². The number of nitrogens with zero attached hydrogens (tertiary/aromatic N) is 4. The van der Waals surface area contributed by atoms with Crippen LogP contribution in [0.2, 0.25) is 0 Å². The molecule has 10 nitrogen and oxygen atoms in total. The highest BCUT2D eigenvalue weighted by molar-refractivity contribution is 8.16. The Morgan fingerprint density at radius 1 is 1.21 bits per heavy atom. The van der Waals surface area contributed by atoms with Crippen LogP contribution in [0.3, 0.4) is 0 Å². The van der Waals surface area contributed by atoms with E-state index >= 15 is 0 Å². The van der Waals surface area contributed by atoms with Crippen molar-refractivity contribution >= 4 is 46.4 Å². The van der Waals surface area contributed by atoms with Gasteiger partial charge in [0.2, 0.25) is 5.91 Å². The third kappa shape index (κ3) is 4.76. The number of carbonyl (C=O) groups is 2. The fraction of sp³-hybridized carbons (Fsp3) is 0.111. The summed E-state index contributed by atoms with van der Waals surface area (Å²) in [6, 6.07) is 11.5. The molecular weight excluding hydrogens is 400 g/mol. The van der Waals surface area contributed by atoms with Crippen LogP contribution in [-0.4, -0.2) is 43.6 Å². The largest absolute Gasteiger partial charge is 0.508 e. The Hall–Kier alpha value is -3.73. The molecule has 1 fully saturated rings. The highest BCUT2D eigenvalue weighted by Gasteiger charge is 2.40. The molecule has 1 aliphatic heterocycles. The van der Waals surface area contributed by atoms with Crippen molar-refractivity contribution in [1.29, 1.82) is 0 Å². The zero-order chi connectivity index (χ0) is 21.0. The number of thioether (sulfide) groups is 1. The van der Waals surface area contributed by atoms with Gasteiger partial charge in [-0.3, -0.25) is 24.6 Å². The van der Waals surface area contributed by atoms with Crippen LogP contribution < -0.4 is 4.90 Å². The normalized spacial score (nSPS) is 17.9. The molecule has 1 atom stereocenters. The number of benzene rings is 2. The summed E-state index contributed by atoms with van der Waals surface area (Å²) >= 11 is 0.976. The minimum absolute atomic E-state index is 0.0183. The molecule has 0 saturated carbocycles. The van der Waals surface area contributed by atoms with Crippen LogP contribution in [0.5, 0.6) is 5.75 Å². The van der Waals surface area contributed by atoms with Gasteiger partial charge in [-0.2, -0.15) is 5.10 Å². The minimum atomic E-state index is -1.11. The number of aromatic hydroxyl groups is 1. The molecule has 2 N–H and O–H groups in total. The van der Waals surface area contributed by atoms with Crippen molar-refractivity contribution in [3.8, 4) is 5.75 Å². The Balaban J connectivity index is 1.86. The predicted molar refractivity (Wildman–Crippen MR) is 107 cm³/mol. The first-order chi connectivity index (χ1) is 13.8. The number of nitro groups is 1. The summed E-state index contributed by atoms with van der Waals surface area (Å²) < 4.78 is 0. The van der Waals surface area contributed by atoms with Crippen molar-refractivity contribution in [2.45, 2.75) is 11.7 Å². The zero-order valence-corrected chi connectivity index (χ0v) is 15.5. The van der Waals surface area contributed by atoms with Gasteiger partial charge in [-0.25, -0.2) is 0 Å². The molecular formula is C18H14N4O6S. The number of amidine groups is 1. The van der Waals surface area contributed by atoms with Gasteiger partial charge in [0.25, 0.3) is 5.69 Å². The molecule has 1 saturated heterocycles. The van der Waals surface area contributed by atoms with Crippen LogP contribution in [0.15, 0.2) is 58.7 Å². The maximum absolute atomic E-state index is 12.7. The third-order valence-corrected chi connectivity index (χ3v) is 4.98. The highest BCUT2D eigenvalue weighted by atomic mass is 32.2.